The van der Waals surface area contributed by atoms with Crippen LogP contribution >= 0.6 is 0 Å². The lowest BCUT2D eigenvalue weighted by molar-refractivity contribution is 0.0786. The smallest absolute Gasteiger partial charge is 0.274 e. The van der Waals surface area contributed by atoms with Gasteiger partial charge in [-0.05, 0) is 55.8 Å². The molecule has 1 aromatic heterocycles. The van der Waals surface area contributed by atoms with E-state index in [4.69, 9.17) is 0 Å². The van der Waals surface area contributed by atoms with E-state index in [2.05, 4.69) is 14.9 Å². The largest absolute Gasteiger partial charge is 0.355 e. The van der Waals surface area contributed by atoms with Crippen LogP contribution in [0.2, 0.25) is 0 Å². The molecule has 2 bridgehead atoms. The number of rotatable bonds is 2. The van der Waals surface area contributed by atoms with Crippen molar-refractivity contribution in [1.29, 1.82) is 0 Å². The zero-order valence-corrected chi connectivity index (χ0v) is 13.5. The highest BCUT2D eigenvalue weighted by Gasteiger charge is 2.51. The molecule has 2 saturated carbocycles. The van der Waals surface area contributed by atoms with E-state index in [1.54, 1.807) is 6.20 Å². The van der Waals surface area contributed by atoms with Gasteiger partial charge in [0.15, 0.2) is 0 Å². The van der Waals surface area contributed by atoms with Gasteiger partial charge in [0.25, 0.3) is 5.91 Å². The minimum absolute atomic E-state index is 0.0521. The highest BCUT2D eigenvalue weighted by atomic mass is 16.2. The Hall–Kier alpha value is -1.65. The number of carbonyl (C=O) groups is 1. The van der Waals surface area contributed by atoms with E-state index >= 15 is 0 Å². The molecule has 5 nitrogen and oxygen atoms in total. The van der Waals surface area contributed by atoms with Crippen LogP contribution in [0.15, 0.2) is 12.4 Å². The van der Waals surface area contributed by atoms with E-state index < -0.39 is 0 Å². The van der Waals surface area contributed by atoms with Gasteiger partial charge in [-0.1, -0.05) is 0 Å². The maximum Gasteiger partial charge on any atom is 0.274 e. The SMILES string of the molecule is O=C(c1cncc(N2C[C@@H]3[C@@H]4CC[C@@H](C4)[C@@H]3C2)n1)N1CCCC1. The van der Waals surface area contributed by atoms with Gasteiger partial charge >= 0.3 is 0 Å². The molecule has 5 heteroatoms. The fourth-order valence-electron chi connectivity index (χ4n) is 5.56. The Morgan fingerprint density at radius 2 is 1.74 bits per heavy atom. The van der Waals surface area contributed by atoms with Gasteiger partial charge in [0.05, 0.1) is 12.4 Å². The number of hydrogen-bond acceptors (Lipinski definition) is 4. The molecule has 1 aromatic rings. The molecule has 0 N–H and O–H groups in total. The lowest BCUT2D eigenvalue weighted by Gasteiger charge is -2.22. The van der Waals surface area contributed by atoms with Gasteiger partial charge < -0.3 is 9.80 Å². The first-order valence-electron chi connectivity index (χ1n) is 9.16. The molecule has 2 aliphatic carbocycles. The second-order valence-electron chi connectivity index (χ2n) is 7.83. The van der Waals surface area contributed by atoms with Crippen molar-refractivity contribution in [3.63, 3.8) is 0 Å². The summed E-state index contributed by atoms with van der Waals surface area (Å²) < 4.78 is 0. The summed E-state index contributed by atoms with van der Waals surface area (Å²) in [6.07, 6.45) is 10.0. The fourth-order valence-corrected chi connectivity index (χ4v) is 5.56. The topological polar surface area (TPSA) is 49.3 Å². The van der Waals surface area contributed by atoms with Crippen molar-refractivity contribution >= 4 is 11.7 Å². The molecular weight excluding hydrogens is 288 g/mol. The summed E-state index contributed by atoms with van der Waals surface area (Å²) in [7, 11) is 0. The maximum absolute atomic E-state index is 12.5. The van der Waals surface area contributed by atoms with Gasteiger partial charge in [-0.2, -0.15) is 0 Å². The monoisotopic (exact) mass is 312 g/mol. The number of nitrogens with zero attached hydrogens (tertiary/aromatic N) is 4. The van der Waals surface area contributed by atoms with E-state index in [1.807, 2.05) is 11.1 Å². The summed E-state index contributed by atoms with van der Waals surface area (Å²) in [4.78, 5) is 25.8. The standard InChI is InChI=1S/C18H24N4O/c23-18(21-5-1-2-6-21)16-8-19-9-17(20-16)22-10-14-12-3-4-13(7-12)15(14)11-22/h8-9,12-15H,1-7,10-11H2/t12-,13+,14-,15+. The molecule has 122 valence electrons. The summed E-state index contributed by atoms with van der Waals surface area (Å²) in [5.41, 5.74) is 0.518. The zero-order valence-electron chi connectivity index (χ0n) is 13.5. The molecule has 0 unspecified atom stereocenters. The Balaban J connectivity index is 1.35. The van der Waals surface area contributed by atoms with Gasteiger partial charge in [0, 0.05) is 26.2 Å². The van der Waals surface area contributed by atoms with Crippen molar-refractivity contribution in [3.05, 3.63) is 18.1 Å². The van der Waals surface area contributed by atoms with E-state index in [0.717, 1.165) is 68.5 Å². The Bertz CT molecular complexity index is 609. The molecule has 0 radical (unpaired) electrons. The lowest BCUT2D eigenvalue weighted by atomic mass is 9.82. The second kappa shape index (κ2) is 5.18. The van der Waals surface area contributed by atoms with Crippen molar-refractivity contribution in [2.75, 3.05) is 31.1 Å². The third kappa shape index (κ3) is 2.16. The zero-order chi connectivity index (χ0) is 15.4. The third-order valence-corrected chi connectivity index (χ3v) is 6.70. The first-order chi connectivity index (χ1) is 11.3. The average molecular weight is 312 g/mol. The Morgan fingerprint density at radius 3 is 2.43 bits per heavy atom. The number of fused-ring (bicyclic) bond motifs is 5. The quantitative estimate of drug-likeness (QED) is 0.840. The van der Waals surface area contributed by atoms with Crippen molar-refractivity contribution in [2.45, 2.75) is 32.1 Å². The predicted molar refractivity (Wildman–Crippen MR) is 87.2 cm³/mol. The maximum atomic E-state index is 12.5. The lowest BCUT2D eigenvalue weighted by Crippen LogP contribution is -2.30. The van der Waals surface area contributed by atoms with Crippen LogP contribution in [0.25, 0.3) is 0 Å². The fraction of sp³-hybridized carbons (Fsp3) is 0.722. The van der Waals surface area contributed by atoms with Crippen molar-refractivity contribution < 1.29 is 4.79 Å². The van der Waals surface area contributed by atoms with Crippen LogP contribution in [0.5, 0.6) is 0 Å². The van der Waals surface area contributed by atoms with Gasteiger partial charge in [-0.15, -0.1) is 0 Å². The minimum atomic E-state index is 0.0521. The van der Waals surface area contributed by atoms with Crippen LogP contribution in [0, 0.1) is 23.7 Å². The summed E-state index contributed by atoms with van der Waals surface area (Å²) in [6, 6.07) is 0. The summed E-state index contributed by atoms with van der Waals surface area (Å²) in [6.45, 7) is 3.95. The molecule has 4 atom stereocenters. The van der Waals surface area contributed by atoms with Crippen LogP contribution in [0.3, 0.4) is 0 Å². The van der Waals surface area contributed by atoms with E-state index in [9.17, 15) is 4.79 Å². The Kier molecular flexibility index (Phi) is 3.10. The van der Waals surface area contributed by atoms with Gasteiger partial charge in [-0.25, -0.2) is 4.98 Å². The molecule has 0 aromatic carbocycles. The molecule has 5 rings (SSSR count). The van der Waals surface area contributed by atoms with Crippen LogP contribution in [0.4, 0.5) is 5.82 Å². The molecule has 23 heavy (non-hydrogen) atoms. The molecule has 4 aliphatic rings. The van der Waals surface area contributed by atoms with Crippen LogP contribution < -0.4 is 4.90 Å². The number of hydrogen-bond donors (Lipinski definition) is 0. The number of likely N-dealkylation sites (tertiary alicyclic amines) is 1. The Labute approximate surface area is 137 Å². The number of carbonyl (C=O) groups excluding carboxylic acids is 1. The van der Waals surface area contributed by atoms with Gasteiger partial charge in [0.1, 0.15) is 11.5 Å². The van der Waals surface area contributed by atoms with Crippen LogP contribution in [-0.2, 0) is 0 Å². The first-order valence-corrected chi connectivity index (χ1v) is 9.16. The number of amides is 1. The van der Waals surface area contributed by atoms with Crippen LogP contribution in [0.1, 0.15) is 42.6 Å². The number of anilines is 1. The molecule has 0 spiro atoms. The van der Waals surface area contributed by atoms with Crippen LogP contribution in [-0.4, -0.2) is 47.0 Å². The third-order valence-electron chi connectivity index (χ3n) is 6.70. The molecule has 2 saturated heterocycles. The van der Waals surface area contributed by atoms with Crippen molar-refractivity contribution in [2.24, 2.45) is 23.7 Å². The first kappa shape index (κ1) is 13.8. The van der Waals surface area contributed by atoms with E-state index in [0.29, 0.717) is 5.69 Å². The summed E-state index contributed by atoms with van der Waals surface area (Å²) in [5, 5.41) is 0. The highest BCUT2D eigenvalue weighted by Crippen LogP contribution is 2.55. The number of aromatic nitrogens is 2. The molecule has 4 fully saturated rings. The minimum Gasteiger partial charge on any atom is -0.355 e. The van der Waals surface area contributed by atoms with Crippen molar-refractivity contribution in [3.8, 4) is 0 Å². The molecule has 1 amide bonds. The molecule has 2 aliphatic heterocycles. The summed E-state index contributed by atoms with van der Waals surface area (Å²) >= 11 is 0. The second-order valence-corrected chi connectivity index (χ2v) is 7.83. The van der Waals surface area contributed by atoms with E-state index in [1.165, 1.54) is 19.3 Å². The van der Waals surface area contributed by atoms with Crippen molar-refractivity contribution in [1.82, 2.24) is 14.9 Å². The molecular formula is C18H24N4O. The normalized spacial score (nSPS) is 35.1. The average Bonchev–Trinajstić information content (AvgIpc) is 3.36. The molecule has 3 heterocycles. The predicted octanol–water partition coefficient (Wildman–Crippen LogP) is 2.19. The van der Waals surface area contributed by atoms with Gasteiger partial charge in [0.2, 0.25) is 0 Å². The summed E-state index contributed by atoms with van der Waals surface area (Å²) in [5.74, 6) is 4.55. The van der Waals surface area contributed by atoms with Gasteiger partial charge in [-0.3, -0.25) is 9.78 Å². The highest BCUT2D eigenvalue weighted by molar-refractivity contribution is 5.92. The Morgan fingerprint density at radius 1 is 1.04 bits per heavy atom. The van der Waals surface area contributed by atoms with E-state index in [-0.39, 0.29) is 5.91 Å².